The average molecular weight is 285 g/mol. The summed E-state index contributed by atoms with van der Waals surface area (Å²) in [6.07, 6.45) is 0.835. The van der Waals surface area contributed by atoms with Crippen molar-refractivity contribution in [2.75, 3.05) is 18.9 Å². The maximum Gasteiger partial charge on any atom is 0.124 e. The Hall–Kier alpha value is -2.16. The Balaban J connectivity index is 1.76. The highest BCUT2D eigenvalue weighted by Gasteiger charge is 2.01. The van der Waals surface area contributed by atoms with E-state index in [9.17, 15) is 0 Å². The lowest BCUT2D eigenvalue weighted by Gasteiger charge is -2.11. The van der Waals surface area contributed by atoms with E-state index < -0.39 is 0 Å². The maximum atomic E-state index is 5.76. The minimum absolute atomic E-state index is 0.620. The van der Waals surface area contributed by atoms with E-state index in [0.717, 1.165) is 29.2 Å². The van der Waals surface area contributed by atoms with E-state index in [1.165, 1.54) is 11.1 Å². The van der Waals surface area contributed by atoms with Gasteiger partial charge in [-0.15, -0.1) is 0 Å². The van der Waals surface area contributed by atoms with Gasteiger partial charge in [-0.3, -0.25) is 0 Å². The third-order valence-corrected chi connectivity index (χ3v) is 3.22. The van der Waals surface area contributed by atoms with Gasteiger partial charge in [0.25, 0.3) is 0 Å². The van der Waals surface area contributed by atoms with E-state index in [4.69, 9.17) is 15.2 Å². The summed E-state index contributed by atoms with van der Waals surface area (Å²) in [5, 5.41) is 0. The molecule has 3 heteroatoms. The Morgan fingerprint density at radius 1 is 0.857 bits per heavy atom. The zero-order valence-electron chi connectivity index (χ0n) is 13.0. The van der Waals surface area contributed by atoms with Crippen LogP contribution in [0, 0.1) is 20.8 Å². The second-order valence-corrected chi connectivity index (χ2v) is 5.40. The summed E-state index contributed by atoms with van der Waals surface area (Å²) in [6.45, 7) is 7.43. The second-order valence-electron chi connectivity index (χ2n) is 5.40. The molecule has 21 heavy (non-hydrogen) atoms. The van der Waals surface area contributed by atoms with Gasteiger partial charge in [0.15, 0.2) is 0 Å². The standard InChI is InChI=1S/C18H23NO2/c1-13-9-14(2)11-17(10-13)20-7-4-8-21-18-12-16(19)6-5-15(18)3/h5-6,9-12H,4,7-8,19H2,1-3H3. The number of hydrogen-bond donors (Lipinski definition) is 1. The normalized spacial score (nSPS) is 10.4. The summed E-state index contributed by atoms with van der Waals surface area (Å²) in [5.74, 6) is 1.77. The Morgan fingerprint density at radius 3 is 2.24 bits per heavy atom. The number of ether oxygens (including phenoxy) is 2. The Kier molecular flexibility index (Phi) is 5.09. The van der Waals surface area contributed by atoms with Gasteiger partial charge in [-0.25, -0.2) is 0 Å². The van der Waals surface area contributed by atoms with Gasteiger partial charge in [0.1, 0.15) is 11.5 Å². The first-order valence-electron chi connectivity index (χ1n) is 7.24. The SMILES string of the molecule is Cc1cc(C)cc(OCCCOc2cc(N)ccc2C)c1. The van der Waals surface area contributed by atoms with Crippen LogP contribution in [-0.2, 0) is 0 Å². The number of hydrogen-bond acceptors (Lipinski definition) is 3. The van der Waals surface area contributed by atoms with E-state index in [0.29, 0.717) is 13.2 Å². The fourth-order valence-electron chi connectivity index (χ4n) is 2.22. The van der Waals surface area contributed by atoms with Crippen LogP contribution in [0.25, 0.3) is 0 Å². The van der Waals surface area contributed by atoms with Crippen molar-refractivity contribution < 1.29 is 9.47 Å². The average Bonchev–Trinajstić information content (AvgIpc) is 2.41. The van der Waals surface area contributed by atoms with Crippen LogP contribution in [0.15, 0.2) is 36.4 Å². The van der Waals surface area contributed by atoms with Gasteiger partial charge in [-0.2, -0.15) is 0 Å². The van der Waals surface area contributed by atoms with E-state index >= 15 is 0 Å². The number of rotatable bonds is 6. The van der Waals surface area contributed by atoms with Crippen LogP contribution >= 0.6 is 0 Å². The molecule has 0 saturated carbocycles. The molecular formula is C18H23NO2. The van der Waals surface area contributed by atoms with E-state index in [1.807, 2.05) is 25.1 Å². The van der Waals surface area contributed by atoms with Crippen molar-refractivity contribution in [3.8, 4) is 11.5 Å². The van der Waals surface area contributed by atoms with Crippen LogP contribution in [0.5, 0.6) is 11.5 Å². The van der Waals surface area contributed by atoms with Crippen LogP contribution in [0.1, 0.15) is 23.1 Å². The first-order chi connectivity index (χ1) is 10.0. The summed E-state index contributed by atoms with van der Waals surface area (Å²) in [7, 11) is 0. The summed E-state index contributed by atoms with van der Waals surface area (Å²) < 4.78 is 11.5. The number of nitrogens with two attached hydrogens (primary N) is 1. The summed E-state index contributed by atoms with van der Waals surface area (Å²) in [6, 6.07) is 12.0. The molecule has 0 fully saturated rings. The smallest absolute Gasteiger partial charge is 0.124 e. The Bertz CT molecular complexity index is 588. The first-order valence-corrected chi connectivity index (χ1v) is 7.24. The molecule has 0 bridgehead atoms. The van der Waals surface area contributed by atoms with Gasteiger partial charge in [-0.1, -0.05) is 12.1 Å². The van der Waals surface area contributed by atoms with Crippen molar-refractivity contribution in [1.82, 2.24) is 0 Å². The van der Waals surface area contributed by atoms with Crippen molar-refractivity contribution in [2.45, 2.75) is 27.2 Å². The quantitative estimate of drug-likeness (QED) is 0.643. The lowest BCUT2D eigenvalue weighted by Crippen LogP contribution is -2.06. The molecule has 0 radical (unpaired) electrons. The largest absolute Gasteiger partial charge is 0.493 e. The Labute approximate surface area is 126 Å². The molecule has 0 unspecified atom stereocenters. The zero-order chi connectivity index (χ0) is 15.2. The highest BCUT2D eigenvalue weighted by atomic mass is 16.5. The molecule has 0 aliphatic rings. The molecule has 2 aromatic carbocycles. The number of benzene rings is 2. The minimum atomic E-state index is 0.620. The molecule has 3 nitrogen and oxygen atoms in total. The van der Waals surface area contributed by atoms with Gasteiger partial charge in [0.05, 0.1) is 13.2 Å². The van der Waals surface area contributed by atoms with Gasteiger partial charge in [-0.05, 0) is 55.7 Å². The zero-order valence-corrected chi connectivity index (χ0v) is 13.0. The molecule has 0 heterocycles. The van der Waals surface area contributed by atoms with Crippen molar-refractivity contribution >= 4 is 5.69 Å². The molecule has 2 aromatic rings. The lowest BCUT2D eigenvalue weighted by atomic mass is 10.1. The maximum absolute atomic E-state index is 5.76. The second kappa shape index (κ2) is 7.02. The third-order valence-electron chi connectivity index (χ3n) is 3.22. The monoisotopic (exact) mass is 285 g/mol. The summed E-state index contributed by atoms with van der Waals surface area (Å²) in [4.78, 5) is 0. The molecule has 0 spiro atoms. The molecule has 0 aliphatic heterocycles. The molecule has 0 aromatic heterocycles. The van der Waals surface area contributed by atoms with E-state index in [1.54, 1.807) is 0 Å². The molecular weight excluding hydrogens is 262 g/mol. The fraction of sp³-hybridized carbons (Fsp3) is 0.333. The molecule has 2 N–H and O–H groups in total. The number of anilines is 1. The van der Waals surface area contributed by atoms with Crippen LogP contribution in [0.3, 0.4) is 0 Å². The molecule has 0 saturated heterocycles. The van der Waals surface area contributed by atoms with Gasteiger partial charge in [0, 0.05) is 18.2 Å². The molecule has 0 atom stereocenters. The van der Waals surface area contributed by atoms with Crippen LogP contribution in [0.2, 0.25) is 0 Å². The predicted octanol–water partition coefficient (Wildman–Crippen LogP) is 4.04. The van der Waals surface area contributed by atoms with Crippen molar-refractivity contribution in [3.63, 3.8) is 0 Å². The van der Waals surface area contributed by atoms with Crippen LogP contribution in [-0.4, -0.2) is 13.2 Å². The predicted molar refractivity (Wildman–Crippen MR) is 87.1 cm³/mol. The third kappa shape index (κ3) is 4.71. The van der Waals surface area contributed by atoms with Gasteiger partial charge in [0.2, 0.25) is 0 Å². The van der Waals surface area contributed by atoms with Gasteiger partial charge < -0.3 is 15.2 Å². The minimum Gasteiger partial charge on any atom is -0.493 e. The topological polar surface area (TPSA) is 44.5 Å². The van der Waals surface area contributed by atoms with Crippen LogP contribution in [0.4, 0.5) is 5.69 Å². The van der Waals surface area contributed by atoms with Crippen molar-refractivity contribution in [2.24, 2.45) is 0 Å². The Morgan fingerprint density at radius 2 is 1.52 bits per heavy atom. The van der Waals surface area contributed by atoms with Gasteiger partial charge >= 0.3 is 0 Å². The van der Waals surface area contributed by atoms with Crippen molar-refractivity contribution in [3.05, 3.63) is 53.1 Å². The van der Waals surface area contributed by atoms with E-state index in [2.05, 4.69) is 32.0 Å². The van der Waals surface area contributed by atoms with E-state index in [-0.39, 0.29) is 0 Å². The molecule has 0 amide bonds. The molecule has 2 rings (SSSR count). The number of nitrogen functional groups attached to an aromatic ring is 1. The number of aryl methyl sites for hydroxylation is 3. The molecule has 0 aliphatic carbocycles. The van der Waals surface area contributed by atoms with Crippen molar-refractivity contribution in [1.29, 1.82) is 0 Å². The van der Waals surface area contributed by atoms with Crippen LogP contribution < -0.4 is 15.2 Å². The highest BCUT2D eigenvalue weighted by Crippen LogP contribution is 2.21. The first kappa shape index (κ1) is 15.2. The highest BCUT2D eigenvalue weighted by molar-refractivity contribution is 5.47. The summed E-state index contributed by atoms with van der Waals surface area (Å²) >= 11 is 0. The lowest BCUT2D eigenvalue weighted by molar-refractivity contribution is 0.246. The summed E-state index contributed by atoms with van der Waals surface area (Å²) in [5.41, 5.74) is 10.0. The molecule has 112 valence electrons. The fourth-order valence-corrected chi connectivity index (χ4v) is 2.22.